The molecule has 2 rings (SSSR count). The Balaban J connectivity index is 2.11. The van der Waals surface area contributed by atoms with Gasteiger partial charge in [0.1, 0.15) is 11.5 Å². The lowest BCUT2D eigenvalue weighted by atomic mass is 10.0. The van der Waals surface area contributed by atoms with E-state index in [1.54, 1.807) is 0 Å². The van der Waals surface area contributed by atoms with Gasteiger partial charge in [0.15, 0.2) is 0 Å². The summed E-state index contributed by atoms with van der Waals surface area (Å²) in [6.45, 7) is 4.30. The average Bonchev–Trinajstić information content (AvgIpc) is 2.51. The first kappa shape index (κ1) is 15.6. The van der Waals surface area contributed by atoms with Crippen LogP contribution in [0.2, 0.25) is 0 Å². The van der Waals surface area contributed by atoms with Crippen molar-refractivity contribution in [2.75, 3.05) is 0 Å². The van der Waals surface area contributed by atoms with Gasteiger partial charge in [0, 0.05) is 6.04 Å². The highest BCUT2D eigenvalue weighted by Crippen LogP contribution is 2.26. The van der Waals surface area contributed by atoms with Crippen LogP contribution >= 0.6 is 0 Å². The summed E-state index contributed by atoms with van der Waals surface area (Å²) in [6.07, 6.45) is 4.10. The van der Waals surface area contributed by atoms with Gasteiger partial charge in [-0.15, -0.1) is 0 Å². The number of ether oxygens (including phenoxy) is 1. The fourth-order valence-electron chi connectivity index (χ4n) is 2.34. The Morgan fingerprint density at radius 1 is 1.00 bits per heavy atom. The normalized spacial score (nSPS) is 12.1. The van der Waals surface area contributed by atoms with Gasteiger partial charge in [-0.3, -0.25) is 0 Å². The molecular formula is C19H25NO. The summed E-state index contributed by atoms with van der Waals surface area (Å²) in [4.78, 5) is 0. The topological polar surface area (TPSA) is 35.2 Å². The molecule has 1 unspecified atom stereocenters. The van der Waals surface area contributed by atoms with Crippen LogP contribution in [0, 0.1) is 0 Å². The third-order valence-electron chi connectivity index (χ3n) is 3.67. The van der Waals surface area contributed by atoms with Crippen molar-refractivity contribution in [2.24, 2.45) is 5.73 Å². The highest BCUT2D eigenvalue weighted by Gasteiger charge is 2.08. The molecule has 21 heavy (non-hydrogen) atoms. The van der Waals surface area contributed by atoms with E-state index in [1.807, 2.05) is 30.3 Å². The molecule has 0 radical (unpaired) electrons. The van der Waals surface area contributed by atoms with Gasteiger partial charge in [-0.2, -0.15) is 0 Å². The lowest BCUT2D eigenvalue weighted by Gasteiger charge is -2.14. The van der Waals surface area contributed by atoms with Crippen LogP contribution in [0.4, 0.5) is 0 Å². The van der Waals surface area contributed by atoms with Crippen molar-refractivity contribution in [1.82, 2.24) is 0 Å². The molecule has 0 saturated heterocycles. The van der Waals surface area contributed by atoms with E-state index in [1.165, 1.54) is 11.1 Å². The molecule has 2 heteroatoms. The first-order valence-corrected chi connectivity index (χ1v) is 7.83. The summed E-state index contributed by atoms with van der Waals surface area (Å²) in [5, 5.41) is 0. The molecule has 0 heterocycles. The molecule has 2 aromatic carbocycles. The van der Waals surface area contributed by atoms with Crippen molar-refractivity contribution in [3.8, 4) is 11.5 Å². The van der Waals surface area contributed by atoms with Gasteiger partial charge in [-0.1, -0.05) is 50.6 Å². The zero-order valence-corrected chi connectivity index (χ0v) is 13.0. The van der Waals surface area contributed by atoms with Crippen LogP contribution in [0.5, 0.6) is 11.5 Å². The van der Waals surface area contributed by atoms with E-state index in [-0.39, 0.29) is 6.04 Å². The van der Waals surface area contributed by atoms with E-state index in [4.69, 9.17) is 10.5 Å². The minimum absolute atomic E-state index is 0.182. The number of benzene rings is 2. The van der Waals surface area contributed by atoms with Crippen molar-refractivity contribution in [2.45, 2.75) is 45.6 Å². The third-order valence-corrected chi connectivity index (χ3v) is 3.67. The van der Waals surface area contributed by atoms with Crippen molar-refractivity contribution < 1.29 is 4.74 Å². The fraction of sp³-hybridized carbons (Fsp3) is 0.368. The van der Waals surface area contributed by atoms with Crippen molar-refractivity contribution in [3.63, 3.8) is 0 Å². The Hall–Kier alpha value is -1.80. The number of hydrogen-bond donors (Lipinski definition) is 1. The molecular weight excluding hydrogens is 258 g/mol. The molecule has 0 bridgehead atoms. The van der Waals surface area contributed by atoms with Crippen molar-refractivity contribution in [1.29, 1.82) is 0 Å². The monoisotopic (exact) mass is 283 g/mol. The van der Waals surface area contributed by atoms with Crippen LogP contribution < -0.4 is 10.5 Å². The summed E-state index contributed by atoms with van der Waals surface area (Å²) in [7, 11) is 0. The molecule has 0 spiro atoms. The molecule has 0 aliphatic heterocycles. The molecule has 0 aliphatic carbocycles. The summed E-state index contributed by atoms with van der Waals surface area (Å²) in [5.41, 5.74) is 8.59. The average molecular weight is 283 g/mol. The summed E-state index contributed by atoms with van der Waals surface area (Å²) >= 11 is 0. The minimum atomic E-state index is 0.182. The Morgan fingerprint density at radius 3 is 2.38 bits per heavy atom. The maximum absolute atomic E-state index is 6.06. The smallest absolute Gasteiger partial charge is 0.130 e. The minimum Gasteiger partial charge on any atom is -0.457 e. The van der Waals surface area contributed by atoms with E-state index < -0.39 is 0 Å². The van der Waals surface area contributed by atoms with Gasteiger partial charge in [0.05, 0.1) is 0 Å². The predicted octanol–water partition coefficient (Wildman–Crippen LogP) is 4.71. The van der Waals surface area contributed by atoms with Gasteiger partial charge >= 0.3 is 0 Å². The number of para-hydroxylation sites is 1. The Bertz CT molecular complexity index is 548. The molecule has 0 amide bonds. The van der Waals surface area contributed by atoms with E-state index in [2.05, 4.69) is 32.0 Å². The number of rotatable bonds is 7. The zero-order valence-electron chi connectivity index (χ0n) is 13.0. The van der Waals surface area contributed by atoms with Crippen LogP contribution in [0.25, 0.3) is 0 Å². The Labute approximate surface area is 127 Å². The molecule has 0 aliphatic rings. The summed E-state index contributed by atoms with van der Waals surface area (Å²) in [5.74, 6) is 1.79. The van der Waals surface area contributed by atoms with E-state index >= 15 is 0 Å². The number of hydrogen-bond acceptors (Lipinski definition) is 2. The van der Waals surface area contributed by atoms with Crippen molar-refractivity contribution in [3.05, 3.63) is 59.7 Å². The molecule has 0 fully saturated rings. The van der Waals surface area contributed by atoms with Gasteiger partial charge < -0.3 is 10.5 Å². The SMILES string of the molecule is CCCc1ccc(Oc2ccccc2CC(N)CC)cc1. The number of aryl methyl sites for hydroxylation is 1. The molecule has 0 aromatic heterocycles. The Morgan fingerprint density at radius 2 is 1.71 bits per heavy atom. The van der Waals surface area contributed by atoms with Gasteiger partial charge in [-0.25, -0.2) is 0 Å². The van der Waals surface area contributed by atoms with Crippen LogP contribution in [-0.2, 0) is 12.8 Å². The summed E-state index contributed by atoms with van der Waals surface area (Å²) in [6, 6.07) is 16.7. The quantitative estimate of drug-likeness (QED) is 0.798. The Kier molecular flexibility index (Phi) is 5.82. The van der Waals surface area contributed by atoms with Crippen LogP contribution in [0.1, 0.15) is 37.8 Å². The highest BCUT2D eigenvalue weighted by molar-refractivity contribution is 5.39. The second-order valence-corrected chi connectivity index (χ2v) is 5.48. The van der Waals surface area contributed by atoms with Crippen LogP contribution in [-0.4, -0.2) is 6.04 Å². The highest BCUT2D eigenvalue weighted by atomic mass is 16.5. The molecule has 1 atom stereocenters. The molecule has 2 N–H and O–H groups in total. The second kappa shape index (κ2) is 7.84. The molecule has 0 saturated carbocycles. The van der Waals surface area contributed by atoms with Gasteiger partial charge in [-0.05, 0) is 48.6 Å². The summed E-state index contributed by atoms with van der Waals surface area (Å²) < 4.78 is 6.03. The fourth-order valence-corrected chi connectivity index (χ4v) is 2.34. The number of nitrogens with two attached hydrogens (primary N) is 1. The van der Waals surface area contributed by atoms with Crippen LogP contribution in [0.3, 0.4) is 0 Å². The predicted molar refractivity (Wildman–Crippen MR) is 88.9 cm³/mol. The first-order chi connectivity index (χ1) is 10.2. The maximum Gasteiger partial charge on any atom is 0.130 e. The van der Waals surface area contributed by atoms with E-state index in [9.17, 15) is 0 Å². The zero-order chi connectivity index (χ0) is 15.1. The second-order valence-electron chi connectivity index (χ2n) is 5.48. The third kappa shape index (κ3) is 4.61. The van der Waals surface area contributed by atoms with Crippen molar-refractivity contribution >= 4 is 0 Å². The maximum atomic E-state index is 6.06. The first-order valence-electron chi connectivity index (χ1n) is 7.83. The standard InChI is InChI=1S/C19H25NO/c1-3-7-15-10-12-18(13-11-15)21-19-9-6-5-8-16(19)14-17(20)4-2/h5-6,8-13,17H,3-4,7,14,20H2,1-2H3. The van der Waals surface area contributed by atoms with E-state index in [0.717, 1.165) is 37.2 Å². The lowest BCUT2D eigenvalue weighted by molar-refractivity contribution is 0.472. The van der Waals surface area contributed by atoms with Gasteiger partial charge in [0.25, 0.3) is 0 Å². The molecule has 2 aromatic rings. The van der Waals surface area contributed by atoms with Gasteiger partial charge in [0.2, 0.25) is 0 Å². The lowest BCUT2D eigenvalue weighted by Crippen LogP contribution is -2.21. The molecule has 2 nitrogen and oxygen atoms in total. The van der Waals surface area contributed by atoms with E-state index in [0.29, 0.717) is 0 Å². The van der Waals surface area contributed by atoms with Crippen LogP contribution in [0.15, 0.2) is 48.5 Å². The molecule has 112 valence electrons. The largest absolute Gasteiger partial charge is 0.457 e.